The van der Waals surface area contributed by atoms with Crippen molar-refractivity contribution in [1.82, 2.24) is 10.3 Å². The number of aromatic amines is 1. The Morgan fingerprint density at radius 2 is 1.97 bits per heavy atom. The summed E-state index contributed by atoms with van der Waals surface area (Å²) in [5, 5.41) is 25.9. The quantitative estimate of drug-likeness (QED) is 0.227. The molecule has 0 aliphatic rings. The summed E-state index contributed by atoms with van der Waals surface area (Å²) in [4.78, 5) is 15.1. The van der Waals surface area contributed by atoms with Crippen LogP contribution in [0.1, 0.15) is 19.4 Å². The molecule has 7 nitrogen and oxygen atoms in total. The van der Waals surface area contributed by atoms with Crippen LogP contribution in [0.3, 0.4) is 0 Å². The summed E-state index contributed by atoms with van der Waals surface area (Å²) in [6.45, 7) is 4.40. The van der Waals surface area contributed by atoms with E-state index in [0.717, 1.165) is 39.1 Å². The minimum absolute atomic E-state index is 0.192. The van der Waals surface area contributed by atoms with Crippen LogP contribution in [-0.2, 0) is 11.2 Å². The smallest absolute Gasteiger partial charge is 0.341 e. The molecule has 8 heteroatoms. The number of β-amino-alcohol motifs (C(OH)–C–C–N with tert-alkyl or cyclic N) is 1. The van der Waals surface area contributed by atoms with Crippen molar-refractivity contribution >= 4 is 28.2 Å². The highest BCUT2D eigenvalue weighted by Crippen LogP contribution is 2.33. The van der Waals surface area contributed by atoms with Gasteiger partial charge in [-0.2, -0.15) is 0 Å². The predicted molar refractivity (Wildman–Crippen MR) is 138 cm³/mol. The predicted octanol–water partition coefficient (Wildman–Crippen LogP) is 4.71. The van der Waals surface area contributed by atoms with Gasteiger partial charge >= 0.3 is 5.97 Å². The van der Waals surface area contributed by atoms with E-state index in [1.807, 2.05) is 48.0 Å². The third-order valence-corrected chi connectivity index (χ3v) is 6.56. The number of aliphatic hydroxyl groups excluding tert-OH is 1. The standard InChI is InChI=1S/C27H30N2O5S/c1-27(2,13-18-14-28-23-12-20(9-10-21(18)23)33-17-26(31)32)29-15-19(30)16-34-24-7-4-3-6-22(24)25-8-5-11-35-25/h3-12,14,19,28-30H,13,15-17H2,1-2H3,(H,31,32)/t19-/m0/s1. The van der Waals surface area contributed by atoms with E-state index in [1.54, 1.807) is 23.5 Å². The zero-order chi connectivity index (χ0) is 24.8. The first kappa shape index (κ1) is 24.8. The first-order valence-electron chi connectivity index (χ1n) is 11.4. The normalized spacial score (nSPS) is 12.5. The highest BCUT2D eigenvalue weighted by atomic mass is 32.1. The molecule has 2 aromatic carbocycles. The third kappa shape index (κ3) is 6.63. The number of aromatic nitrogens is 1. The molecule has 0 radical (unpaired) electrons. The van der Waals surface area contributed by atoms with Crippen molar-refractivity contribution in [2.75, 3.05) is 19.8 Å². The van der Waals surface area contributed by atoms with Crippen LogP contribution in [0.5, 0.6) is 11.5 Å². The average Bonchev–Trinajstić information content (AvgIpc) is 3.50. The van der Waals surface area contributed by atoms with Crippen molar-refractivity contribution in [3.05, 3.63) is 71.7 Å². The third-order valence-electron chi connectivity index (χ3n) is 5.65. The second kappa shape index (κ2) is 10.9. The van der Waals surface area contributed by atoms with E-state index in [4.69, 9.17) is 14.6 Å². The maximum absolute atomic E-state index is 10.7. The molecule has 2 heterocycles. The molecule has 4 N–H and O–H groups in total. The summed E-state index contributed by atoms with van der Waals surface area (Å²) in [6, 6.07) is 17.4. The largest absolute Gasteiger partial charge is 0.490 e. The van der Waals surface area contributed by atoms with Gasteiger partial charge in [-0.25, -0.2) is 4.79 Å². The summed E-state index contributed by atoms with van der Waals surface area (Å²) in [5.41, 5.74) is 2.76. The number of hydrogen-bond donors (Lipinski definition) is 4. The fourth-order valence-electron chi connectivity index (χ4n) is 3.95. The van der Waals surface area contributed by atoms with E-state index < -0.39 is 12.1 Å². The Kier molecular flexibility index (Phi) is 7.75. The lowest BCUT2D eigenvalue weighted by Crippen LogP contribution is -2.46. The van der Waals surface area contributed by atoms with Gasteiger partial charge in [-0.1, -0.05) is 18.2 Å². The molecule has 0 fully saturated rings. The molecule has 0 aliphatic heterocycles. The number of ether oxygens (including phenoxy) is 2. The van der Waals surface area contributed by atoms with Crippen LogP contribution in [0, 0.1) is 0 Å². The monoisotopic (exact) mass is 494 g/mol. The molecule has 0 aliphatic carbocycles. The van der Waals surface area contributed by atoms with Gasteiger partial charge in [0.2, 0.25) is 0 Å². The van der Waals surface area contributed by atoms with Gasteiger partial charge in [-0.3, -0.25) is 0 Å². The number of hydrogen-bond acceptors (Lipinski definition) is 6. The van der Waals surface area contributed by atoms with Crippen molar-refractivity contribution in [2.45, 2.75) is 31.9 Å². The number of carboxylic acids is 1. The van der Waals surface area contributed by atoms with Crippen LogP contribution >= 0.6 is 11.3 Å². The van der Waals surface area contributed by atoms with E-state index in [2.05, 4.69) is 30.2 Å². The Hall–Kier alpha value is -3.33. The molecular weight excluding hydrogens is 464 g/mol. The topological polar surface area (TPSA) is 104 Å². The van der Waals surface area contributed by atoms with E-state index in [9.17, 15) is 9.90 Å². The van der Waals surface area contributed by atoms with Gasteiger partial charge in [0.25, 0.3) is 0 Å². The number of H-pyrrole nitrogens is 1. The summed E-state index contributed by atoms with van der Waals surface area (Å²) >= 11 is 1.66. The first-order valence-corrected chi connectivity index (χ1v) is 12.3. The van der Waals surface area contributed by atoms with Gasteiger partial charge in [-0.05, 0) is 61.5 Å². The van der Waals surface area contributed by atoms with E-state index in [0.29, 0.717) is 12.3 Å². The SMILES string of the molecule is CC(C)(Cc1c[nH]c2cc(OCC(=O)O)ccc12)NC[C@H](O)COc1ccccc1-c1cccs1. The molecule has 4 rings (SSSR count). The van der Waals surface area contributed by atoms with Gasteiger partial charge in [-0.15, -0.1) is 11.3 Å². The summed E-state index contributed by atoms with van der Waals surface area (Å²) in [5.74, 6) is 0.262. The van der Waals surface area contributed by atoms with Crippen LogP contribution < -0.4 is 14.8 Å². The van der Waals surface area contributed by atoms with Crippen LogP contribution in [-0.4, -0.2) is 52.6 Å². The number of aliphatic hydroxyl groups is 1. The van der Waals surface area contributed by atoms with E-state index >= 15 is 0 Å². The molecular formula is C27H30N2O5S. The number of thiophene rings is 1. The lowest BCUT2D eigenvalue weighted by atomic mass is 9.94. The van der Waals surface area contributed by atoms with Crippen LogP contribution in [0.15, 0.2) is 66.2 Å². The van der Waals surface area contributed by atoms with Crippen molar-refractivity contribution in [2.24, 2.45) is 0 Å². The Labute approximate surface area is 208 Å². The van der Waals surface area contributed by atoms with Crippen molar-refractivity contribution in [3.8, 4) is 21.9 Å². The summed E-state index contributed by atoms with van der Waals surface area (Å²) < 4.78 is 11.2. The van der Waals surface area contributed by atoms with E-state index in [-0.39, 0.29) is 18.8 Å². The molecule has 4 aromatic rings. The van der Waals surface area contributed by atoms with Crippen LogP contribution in [0.4, 0.5) is 0 Å². The highest BCUT2D eigenvalue weighted by Gasteiger charge is 2.21. The Morgan fingerprint density at radius 1 is 1.14 bits per heavy atom. The molecule has 0 amide bonds. The second-order valence-corrected chi connectivity index (χ2v) is 10.0. The fraction of sp³-hybridized carbons (Fsp3) is 0.296. The molecule has 184 valence electrons. The molecule has 0 spiro atoms. The van der Waals surface area contributed by atoms with Gasteiger partial charge in [0.15, 0.2) is 6.61 Å². The minimum Gasteiger partial charge on any atom is -0.490 e. The summed E-state index contributed by atoms with van der Waals surface area (Å²) in [7, 11) is 0. The number of benzene rings is 2. The van der Waals surface area contributed by atoms with Crippen molar-refractivity contribution in [1.29, 1.82) is 0 Å². The first-order chi connectivity index (χ1) is 16.8. The summed E-state index contributed by atoms with van der Waals surface area (Å²) in [6.07, 6.45) is 2.02. The number of aliphatic carboxylic acids is 1. The zero-order valence-corrected chi connectivity index (χ0v) is 20.6. The van der Waals surface area contributed by atoms with Crippen molar-refractivity contribution in [3.63, 3.8) is 0 Å². The molecule has 1 atom stereocenters. The number of carboxylic acid groups (broad SMARTS) is 1. The zero-order valence-electron chi connectivity index (χ0n) is 19.8. The van der Waals surface area contributed by atoms with Gasteiger partial charge in [0, 0.05) is 45.7 Å². The lowest BCUT2D eigenvalue weighted by molar-refractivity contribution is -0.139. The number of nitrogens with one attached hydrogen (secondary N) is 2. The van der Waals surface area contributed by atoms with Gasteiger partial charge in [0.1, 0.15) is 24.2 Å². The number of para-hydroxylation sites is 1. The highest BCUT2D eigenvalue weighted by molar-refractivity contribution is 7.13. The Morgan fingerprint density at radius 3 is 2.74 bits per heavy atom. The number of rotatable bonds is 12. The van der Waals surface area contributed by atoms with Crippen LogP contribution in [0.25, 0.3) is 21.3 Å². The maximum Gasteiger partial charge on any atom is 0.341 e. The second-order valence-electron chi connectivity index (χ2n) is 9.08. The Balaban J connectivity index is 1.31. The van der Waals surface area contributed by atoms with Gasteiger partial charge in [0.05, 0.1) is 0 Å². The Bertz CT molecular complexity index is 1270. The molecule has 0 saturated heterocycles. The van der Waals surface area contributed by atoms with Crippen LogP contribution in [0.2, 0.25) is 0 Å². The van der Waals surface area contributed by atoms with Gasteiger partial charge < -0.3 is 30.0 Å². The van der Waals surface area contributed by atoms with Crippen molar-refractivity contribution < 1.29 is 24.5 Å². The number of fused-ring (bicyclic) bond motifs is 1. The lowest BCUT2D eigenvalue weighted by Gasteiger charge is -2.28. The molecule has 0 saturated carbocycles. The maximum atomic E-state index is 10.7. The fourth-order valence-corrected chi connectivity index (χ4v) is 4.71. The molecule has 35 heavy (non-hydrogen) atoms. The molecule has 0 bridgehead atoms. The van der Waals surface area contributed by atoms with E-state index in [1.165, 1.54) is 0 Å². The molecule has 2 aromatic heterocycles. The number of carbonyl (C=O) groups is 1. The minimum atomic E-state index is -1.01. The average molecular weight is 495 g/mol. The molecule has 0 unspecified atom stereocenters.